The summed E-state index contributed by atoms with van der Waals surface area (Å²) in [6, 6.07) is 6.26. The van der Waals surface area contributed by atoms with Crippen molar-refractivity contribution in [3.05, 3.63) is 28.8 Å². The van der Waals surface area contributed by atoms with Crippen LogP contribution in [0.2, 0.25) is 5.02 Å². The Morgan fingerprint density at radius 3 is 2.91 bits per heavy atom. The van der Waals surface area contributed by atoms with Crippen molar-refractivity contribution in [3.63, 3.8) is 0 Å². The zero-order valence-electron chi connectivity index (χ0n) is 13.3. The van der Waals surface area contributed by atoms with Gasteiger partial charge in [-0.2, -0.15) is 0 Å². The number of hydrogen-bond acceptors (Lipinski definition) is 2. The van der Waals surface area contributed by atoms with E-state index in [0.717, 1.165) is 23.7 Å². The van der Waals surface area contributed by atoms with Crippen molar-refractivity contribution in [1.82, 2.24) is 4.90 Å². The monoisotopic (exact) mass is 320 g/mol. The molecule has 3 rings (SSSR count). The second-order valence-corrected chi connectivity index (χ2v) is 7.09. The third-order valence-electron chi connectivity index (χ3n) is 5.25. The van der Waals surface area contributed by atoms with Crippen LogP contribution < -0.4 is 5.32 Å². The third-order valence-corrected chi connectivity index (χ3v) is 5.66. The van der Waals surface area contributed by atoms with Crippen molar-refractivity contribution in [2.45, 2.75) is 51.5 Å². The van der Waals surface area contributed by atoms with Crippen LogP contribution in [-0.4, -0.2) is 29.9 Å². The maximum atomic E-state index is 12.4. The number of fused-ring (bicyclic) bond motifs is 1. The van der Waals surface area contributed by atoms with Crippen molar-refractivity contribution in [2.75, 3.05) is 18.4 Å². The largest absolute Gasteiger partial charge is 0.325 e. The smallest absolute Gasteiger partial charge is 0.238 e. The molecule has 1 aromatic rings. The number of nitrogens with zero attached hydrogens (tertiary/aromatic N) is 1. The van der Waals surface area contributed by atoms with E-state index in [1.807, 2.05) is 25.1 Å². The Labute approximate surface area is 138 Å². The summed E-state index contributed by atoms with van der Waals surface area (Å²) in [5.41, 5.74) is 1.77. The second-order valence-electron chi connectivity index (χ2n) is 6.69. The number of carbonyl (C=O) groups is 1. The van der Waals surface area contributed by atoms with Crippen molar-refractivity contribution in [1.29, 1.82) is 0 Å². The van der Waals surface area contributed by atoms with Crippen LogP contribution in [0.4, 0.5) is 5.69 Å². The molecule has 1 saturated heterocycles. The maximum absolute atomic E-state index is 12.4. The van der Waals surface area contributed by atoms with Gasteiger partial charge in [-0.05, 0) is 62.8 Å². The Kier molecular flexibility index (Phi) is 5.04. The Morgan fingerprint density at radius 1 is 1.27 bits per heavy atom. The minimum atomic E-state index is 0.0802. The van der Waals surface area contributed by atoms with Crippen molar-refractivity contribution in [2.24, 2.45) is 5.92 Å². The van der Waals surface area contributed by atoms with E-state index in [9.17, 15) is 4.79 Å². The highest BCUT2D eigenvalue weighted by Crippen LogP contribution is 2.35. The van der Waals surface area contributed by atoms with Crippen LogP contribution >= 0.6 is 11.6 Å². The molecule has 3 nitrogen and oxygen atoms in total. The van der Waals surface area contributed by atoms with Gasteiger partial charge in [0.05, 0.1) is 6.54 Å². The van der Waals surface area contributed by atoms with Crippen molar-refractivity contribution in [3.8, 4) is 0 Å². The molecule has 2 atom stereocenters. The number of piperidine rings is 1. The van der Waals surface area contributed by atoms with Crippen LogP contribution in [-0.2, 0) is 4.79 Å². The van der Waals surface area contributed by atoms with Crippen LogP contribution in [0.1, 0.15) is 44.1 Å². The van der Waals surface area contributed by atoms with Gasteiger partial charge in [-0.25, -0.2) is 0 Å². The van der Waals surface area contributed by atoms with Crippen LogP contribution in [0.5, 0.6) is 0 Å². The van der Waals surface area contributed by atoms with E-state index < -0.39 is 0 Å². The molecule has 1 N–H and O–H groups in total. The van der Waals surface area contributed by atoms with Gasteiger partial charge < -0.3 is 5.32 Å². The molecule has 0 radical (unpaired) electrons. The summed E-state index contributed by atoms with van der Waals surface area (Å²) in [5, 5.41) is 3.73. The third kappa shape index (κ3) is 3.47. The van der Waals surface area contributed by atoms with E-state index in [2.05, 4.69) is 10.2 Å². The maximum Gasteiger partial charge on any atom is 0.238 e. The number of nitrogens with one attached hydrogen (secondary N) is 1. The van der Waals surface area contributed by atoms with Gasteiger partial charge in [0.2, 0.25) is 5.91 Å². The lowest BCUT2D eigenvalue weighted by Gasteiger charge is -2.43. The molecule has 120 valence electrons. The Morgan fingerprint density at radius 2 is 2.05 bits per heavy atom. The molecular formula is C18H25ClN2O. The highest BCUT2D eigenvalue weighted by atomic mass is 35.5. The van der Waals surface area contributed by atoms with Gasteiger partial charge in [-0.3, -0.25) is 9.69 Å². The zero-order valence-corrected chi connectivity index (χ0v) is 14.0. The van der Waals surface area contributed by atoms with Gasteiger partial charge in [0.15, 0.2) is 0 Å². The van der Waals surface area contributed by atoms with E-state index in [-0.39, 0.29) is 5.91 Å². The number of halogens is 1. The molecule has 1 heterocycles. The van der Waals surface area contributed by atoms with Crippen molar-refractivity contribution >= 4 is 23.2 Å². The first-order valence-electron chi connectivity index (χ1n) is 8.44. The highest BCUT2D eigenvalue weighted by molar-refractivity contribution is 6.31. The molecule has 22 heavy (non-hydrogen) atoms. The highest BCUT2D eigenvalue weighted by Gasteiger charge is 2.33. The summed E-state index contributed by atoms with van der Waals surface area (Å²) in [7, 11) is 0. The lowest BCUT2D eigenvalue weighted by molar-refractivity contribution is -0.118. The molecule has 2 unspecified atom stereocenters. The molecular weight excluding hydrogens is 296 g/mol. The number of rotatable bonds is 3. The summed E-state index contributed by atoms with van der Waals surface area (Å²) in [6.45, 7) is 3.51. The molecule has 1 aliphatic carbocycles. The fourth-order valence-electron chi connectivity index (χ4n) is 4.04. The van der Waals surface area contributed by atoms with E-state index in [0.29, 0.717) is 17.6 Å². The first-order chi connectivity index (χ1) is 10.6. The molecule has 1 aromatic carbocycles. The summed E-state index contributed by atoms with van der Waals surface area (Å²) >= 11 is 6.12. The SMILES string of the molecule is Cc1c(Cl)cccc1NC(=O)CN1CCCC2CCCCC21. The molecule has 1 amide bonds. The number of likely N-dealkylation sites (tertiary alicyclic amines) is 1. The Hall–Kier alpha value is -1.06. The van der Waals surface area contributed by atoms with Gasteiger partial charge in [-0.1, -0.05) is 30.5 Å². The number of benzene rings is 1. The Bertz CT molecular complexity index is 544. The molecule has 4 heteroatoms. The van der Waals surface area contributed by atoms with Crippen LogP contribution in [0.25, 0.3) is 0 Å². The van der Waals surface area contributed by atoms with E-state index in [4.69, 9.17) is 11.6 Å². The zero-order chi connectivity index (χ0) is 15.5. The standard InChI is InChI=1S/C18H25ClN2O/c1-13-15(19)8-4-9-16(13)20-18(22)12-21-11-5-7-14-6-2-3-10-17(14)21/h4,8-9,14,17H,2-3,5-7,10-12H2,1H3,(H,20,22). The Balaban J connectivity index is 1.62. The molecule has 0 aromatic heterocycles. The normalized spacial score (nSPS) is 25.5. The first-order valence-corrected chi connectivity index (χ1v) is 8.82. The van der Waals surface area contributed by atoms with Crippen LogP contribution in [0, 0.1) is 12.8 Å². The first kappa shape index (κ1) is 15.8. The minimum absolute atomic E-state index is 0.0802. The number of hydrogen-bond donors (Lipinski definition) is 1. The van der Waals surface area contributed by atoms with Gasteiger partial charge >= 0.3 is 0 Å². The average molecular weight is 321 g/mol. The van der Waals surface area contributed by atoms with Gasteiger partial charge in [0.1, 0.15) is 0 Å². The predicted octanol–water partition coefficient (Wildman–Crippen LogP) is 4.24. The number of amides is 1. The topological polar surface area (TPSA) is 32.3 Å². The van der Waals surface area contributed by atoms with Gasteiger partial charge in [0.25, 0.3) is 0 Å². The molecule has 2 fully saturated rings. The lowest BCUT2D eigenvalue weighted by Crippen LogP contribution is -2.49. The predicted molar refractivity (Wildman–Crippen MR) is 91.4 cm³/mol. The van der Waals surface area contributed by atoms with Gasteiger partial charge in [-0.15, -0.1) is 0 Å². The fourth-order valence-corrected chi connectivity index (χ4v) is 4.22. The van der Waals surface area contributed by atoms with E-state index in [1.165, 1.54) is 38.5 Å². The summed E-state index contributed by atoms with van der Waals surface area (Å²) < 4.78 is 0. The van der Waals surface area contributed by atoms with E-state index in [1.54, 1.807) is 0 Å². The molecule has 0 bridgehead atoms. The van der Waals surface area contributed by atoms with Crippen molar-refractivity contribution < 1.29 is 4.79 Å². The molecule has 1 saturated carbocycles. The molecule has 0 spiro atoms. The fraction of sp³-hybridized carbons (Fsp3) is 0.611. The van der Waals surface area contributed by atoms with E-state index >= 15 is 0 Å². The summed E-state index contributed by atoms with van der Waals surface area (Å²) in [6.07, 6.45) is 7.85. The summed E-state index contributed by atoms with van der Waals surface area (Å²) in [4.78, 5) is 14.8. The summed E-state index contributed by atoms with van der Waals surface area (Å²) in [5.74, 6) is 0.889. The quantitative estimate of drug-likeness (QED) is 0.903. The number of carbonyl (C=O) groups excluding carboxylic acids is 1. The minimum Gasteiger partial charge on any atom is -0.325 e. The second kappa shape index (κ2) is 7.01. The van der Waals surface area contributed by atoms with Crippen LogP contribution in [0.15, 0.2) is 18.2 Å². The molecule has 1 aliphatic heterocycles. The van der Waals surface area contributed by atoms with Gasteiger partial charge in [0, 0.05) is 16.8 Å². The van der Waals surface area contributed by atoms with Crippen LogP contribution in [0.3, 0.4) is 0 Å². The number of anilines is 1. The lowest BCUT2D eigenvalue weighted by atomic mass is 9.78. The molecule has 2 aliphatic rings. The average Bonchev–Trinajstić information content (AvgIpc) is 2.52.